The van der Waals surface area contributed by atoms with Crippen molar-refractivity contribution in [2.75, 3.05) is 11.2 Å². The maximum Gasteiger partial charge on any atom is 0.237 e. The van der Waals surface area contributed by atoms with Gasteiger partial charge in [-0.2, -0.15) is 0 Å². The second kappa shape index (κ2) is 9.36. The zero-order valence-electron chi connectivity index (χ0n) is 16.6. The average molecular weight is 450 g/mol. The van der Waals surface area contributed by atoms with Crippen molar-refractivity contribution in [1.29, 1.82) is 0 Å². The van der Waals surface area contributed by atoms with Crippen molar-refractivity contribution in [3.63, 3.8) is 0 Å². The van der Waals surface area contributed by atoms with Gasteiger partial charge in [0.2, 0.25) is 11.1 Å². The number of nitrogens with one attached hydrogen (secondary N) is 1. The number of rotatable bonds is 7. The number of aryl methyl sites for hydroxylation is 2. The van der Waals surface area contributed by atoms with Crippen LogP contribution in [0.4, 0.5) is 10.1 Å². The molecule has 1 heterocycles. The van der Waals surface area contributed by atoms with Crippen LogP contribution in [0.2, 0.25) is 5.02 Å². The zero-order valence-corrected chi connectivity index (χ0v) is 18.2. The Balaban J connectivity index is 1.61. The van der Waals surface area contributed by atoms with E-state index in [1.807, 2.05) is 32.0 Å². The van der Waals surface area contributed by atoms with Gasteiger partial charge in [0.15, 0.2) is 5.82 Å². The van der Waals surface area contributed by atoms with Gasteiger partial charge < -0.3 is 15.9 Å². The fourth-order valence-electron chi connectivity index (χ4n) is 2.63. The van der Waals surface area contributed by atoms with E-state index >= 15 is 0 Å². The smallest absolute Gasteiger partial charge is 0.237 e. The second-order valence-corrected chi connectivity index (χ2v) is 8.42. The lowest BCUT2D eigenvalue weighted by molar-refractivity contribution is -0.115. The van der Waals surface area contributed by atoms with Crippen molar-refractivity contribution in [3.05, 3.63) is 64.2 Å². The van der Waals surface area contributed by atoms with Crippen molar-refractivity contribution < 1.29 is 13.9 Å². The van der Waals surface area contributed by atoms with Crippen LogP contribution in [0.5, 0.6) is 5.75 Å². The first-order valence-corrected chi connectivity index (χ1v) is 10.3. The molecule has 0 bridgehead atoms. The zero-order chi connectivity index (χ0) is 21.8. The van der Waals surface area contributed by atoms with Gasteiger partial charge in [-0.05, 0) is 50.6 Å². The molecule has 1 atom stereocenters. The molecule has 158 valence electrons. The van der Waals surface area contributed by atoms with E-state index in [1.54, 1.807) is 6.92 Å². The van der Waals surface area contributed by atoms with Gasteiger partial charge in [0, 0.05) is 0 Å². The van der Waals surface area contributed by atoms with Crippen LogP contribution < -0.4 is 15.9 Å². The topological polar surface area (TPSA) is 95.1 Å². The van der Waals surface area contributed by atoms with Crippen molar-refractivity contribution in [1.82, 2.24) is 14.9 Å². The van der Waals surface area contributed by atoms with E-state index in [2.05, 4.69) is 15.5 Å². The Kier molecular flexibility index (Phi) is 6.84. The average Bonchev–Trinajstić information content (AvgIpc) is 3.03. The minimum Gasteiger partial charge on any atom is -0.485 e. The highest BCUT2D eigenvalue weighted by molar-refractivity contribution is 8.00. The van der Waals surface area contributed by atoms with E-state index in [0.29, 0.717) is 16.7 Å². The number of carbonyl (C=O) groups is 1. The summed E-state index contributed by atoms with van der Waals surface area (Å²) in [6, 6.07) is 9.64. The van der Waals surface area contributed by atoms with Gasteiger partial charge in [-0.15, -0.1) is 10.2 Å². The predicted octanol–water partition coefficient (Wildman–Crippen LogP) is 4.10. The number of hydrogen-bond acceptors (Lipinski definition) is 6. The molecule has 0 fully saturated rings. The van der Waals surface area contributed by atoms with Gasteiger partial charge >= 0.3 is 0 Å². The lowest BCUT2D eigenvalue weighted by atomic mass is 10.1. The molecule has 3 rings (SSSR count). The molecule has 10 heteroatoms. The number of nitrogen functional groups attached to an aromatic ring is 1. The van der Waals surface area contributed by atoms with Crippen LogP contribution >= 0.6 is 23.4 Å². The second-order valence-electron chi connectivity index (χ2n) is 6.70. The van der Waals surface area contributed by atoms with Crippen LogP contribution in [-0.2, 0) is 11.4 Å². The maximum atomic E-state index is 13.1. The molecule has 1 amide bonds. The number of aromatic nitrogens is 3. The third-order valence-corrected chi connectivity index (χ3v) is 5.63. The number of halogens is 2. The lowest BCUT2D eigenvalue weighted by Crippen LogP contribution is -2.24. The number of ether oxygens (including phenoxy) is 1. The van der Waals surface area contributed by atoms with E-state index in [1.165, 1.54) is 16.8 Å². The third kappa shape index (κ3) is 5.22. The minimum atomic E-state index is -0.550. The number of nitrogens with two attached hydrogens (primary N) is 1. The monoisotopic (exact) mass is 449 g/mol. The first-order valence-electron chi connectivity index (χ1n) is 9.06. The van der Waals surface area contributed by atoms with E-state index in [0.717, 1.165) is 34.7 Å². The molecule has 0 spiro atoms. The molecular formula is C20H21ClFN5O2S. The van der Waals surface area contributed by atoms with E-state index in [-0.39, 0.29) is 17.5 Å². The van der Waals surface area contributed by atoms with Crippen LogP contribution in [0.1, 0.15) is 23.9 Å². The van der Waals surface area contributed by atoms with Gasteiger partial charge in [0.1, 0.15) is 18.2 Å². The summed E-state index contributed by atoms with van der Waals surface area (Å²) >= 11 is 7.08. The lowest BCUT2D eigenvalue weighted by Gasteiger charge is -2.13. The third-order valence-electron chi connectivity index (χ3n) is 4.26. The van der Waals surface area contributed by atoms with Crippen LogP contribution in [-0.4, -0.2) is 26.0 Å². The summed E-state index contributed by atoms with van der Waals surface area (Å²) < 4.78 is 20.2. The summed E-state index contributed by atoms with van der Waals surface area (Å²) in [6.45, 7) is 5.81. The Morgan fingerprint density at radius 3 is 2.77 bits per heavy atom. The number of amides is 1. The summed E-state index contributed by atoms with van der Waals surface area (Å²) in [5.74, 6) is 6.42. The molecule has 0 saturated heterocycles. The molecule has 1 aromatic heterocycles. The van der Waals surface area contributed by atoms with Crippen molar-refractivity contribution >= 4 is 35.0 Å². The Morgan fingerprint density at radius 1 is 1.30 bits per heavy atom. The molecule has 30 heavy (non-hydrogen) atoms. The van der Waals surface area contributed by atoms with Crippen LogP contribution in [0.3, 0.4) is 0 Å². The summed E-state index contributed by atoms with van der Waals surface area (Å²) in [4.78, 5) is 12.4. The SMILES string of the molecule is Cc1ccc(OCc2nnc(SC(C)C(=O)Nc3ccc(F)cc3Cl)n2N)c(C)c1. The molecular weight excluding hydrogens is 429 g/mol. The normalized spacial score (nSPS) is 11.9. The standard InChI is InChI=1S/C20H21ClFN5O2S/c1-11-4-7-17(12(2)8-11)29-10-18-25-26-20(27(18)23)30-13(3)19(28)24-16-6-5-14(22)9-15(16)21/h4-9,13H,10,23H2,1-3H3,(H,24,28). The maximum absolute atomic E-state index is 13.1. The van der Waals surface area contributed by atoms with E-state index < -0.39 is 11.1 Å². The Morgan fingerprint density at radius 2 is 2.07 bits per heavy atom. The van der Waals surface area contributed by atoms with Crippen LogP contribution in [0.15, 0.2) is 41.6 Å². The van der Waals surface area contributed by atoms with E-state index in [4.69, 9.17) is 22.2 Å². The van der Waals surface area contributed by atoms with E-state index in [9.17, 15) is 9.18 Å². The number of benzene rings is 2. The predicted molar refractivity (Wildman–Crippen MR) is 116 cm³/mol. The van der Waals surface area contributed by atoms with Gasteiger partial charge in [0.05, 0.1) is 16.0 Å². The molecule has 2 aromatic carbocycles. The Labute approximate surface area is 182 Å². The fraction of sp³-hybridized carbons (Fsp3) is 0.250. The molecule has 3 N–H and O–H groups in total. The number of thioether (sulfide) groups is 1. The summed E-state index contributed by atoms with van der Waals surface area (Å²) in [6.07, 6.45) is 0. The first kappa shape index (κ1) is 21.9. The number of anilines is 1. The fourth-order valence-corrected chi connectivity index (χ4v) is 3.63. The van der Waals surface area contributed by atoms with Gasteiger partial charge in [-0.25, -0.2) is 9.07 Å². The summed E-state index contributed by atoms with van der Waals surface area (Å²) in [5.41, 5.74) is 2.49. The van der Waals surface area contributed by atoms with Crippen molar-refractivity contribution in [3.8, 4) is 5.75 Å². The minimum absolute atomic E-state index is 0.119. The summed E-state index contributed by atoms with van der Waals surface area (Å²) in [5, 5.41) is 10.7. The largest absolute Gasteiger partial charge is 0.485 e. The summed E-state index contributed by atoms with van der Waals surface area (Å²) in [7, 11) is 0. The number of carbonyl (C=O) groups excluding carboxylic acids is 1. The highest BCUT2D eigenvalue weighted by Gasteiger charge is 2.20. The molecule has 0 aliphatic carbocycles. The molecule has 0 aliphatic rings. The molecule has 0 saturated carbocycles. The number of hydrogen-bond donors (Lipinski definition) is 2. The Bertz CT molecular complexity index is 1080. The van der Waals surface area contributed by atoms with Gasteiger partial charge in [-0.1, -0.05) is 41.1 Å². The molecule has 7 nitrogen and oxygen atoms in total. The molecule has 0 radical (unpaired) electrons. The molecule has 3 aromatic rings. The highest BCUT2D eigenvalue weighted by atomic mass is 35.5. The molecule has 1 unspecified atom stereocenters. The number of nitrogens with zero attached hydrogens (tertiary/aromatic N) is 3. The van der Waals surface area contributed by atoms with Crippen LogP contribution in [0.25, 0.3) is 0 Å². The molecule has 0 aliphatic heterocycles. The quantitative estimate of drug-likeness (QED) is 0.416. The van der Waals surface area contributed by atoms with Gasteiger partial charge in [0.25, 0.3) is 0 Å². The van der Waals surface area contributed by atoms with Crippen molar-refractivity contribution in [2.45, 2.75) is 37.8 Å². The van der Waals surface area contributed by atoms with Crippen molar-refractivity contribution in [2.24, 2.45) is 0 Å². The first-order chi connectivity index (χ1) is 14.2. The Hall–Kier alpha value is -2.78. The van der Waals surface area contributed by atoms with Crippen LogP contribution in [0, 0.1) is 19.7 Å². The van der Waals surface area contributed by atoms with Gasteiger partial charge in [-0.3, -0.25) is 4.79 Å². The highest BCUT2D eigenvalue weighted by Crippen LogP contribution is 2.26.